The van der Waals surface area contributed by atoms with E-state index in [0.29, 0.717) is 19.3 Å². The molecular formula is C19H25N5O6. The van der Waals surface area contributed by atoms with Gasteiger partial charge in [0.05, 0.1) is 16.8 Å². The van der Waals surface area contributed by atoms with Crippen LogP contribution in [0.5, 0.6) is 0 Å². The fourth-order valence-corrected chi connectivity index (χ4v) is 4.29. The molecule has 2 fully saturated rings. The number of amides is 2. The molecular weight excluding hydrogens is 394 g/mol. The molecule has 2 amide bonds. The van der Waals surface area contributed by atoms with Crippen LogP contribution in [0.4, 0.5) is 0 Å². The molecule has 0 bridgehead atoms. The molecule has 2 unspecified atom stereocenters. The number of carbonyl (C=O) groups is 2. The Morgan fingerprint density at radius 1 is 1.03 bits per heavy atom. The maximum absolute atomic E-state index is 13.2. The second-order valence-electron chi connectivity index (χ2n) is 7.52. The summed E-state index contributed by atoms with van der Waals surface area (Å²) in [4.78, 5) is 38.6. The van der Waals surface area contributed by atoms with Crippen molar-refractivity contribution >= 4 is 11.8 Å². The van der Waals surface area contributed by atoms with Gasteiger partial charge < -0.3 is 9.80 Å². The third-order valence-electron chi connectivity index (χ3n) is 5.83. The van der Waals surface area contributed by atoms with Crippen molar-refractivity contribution < 1.29 is 24.9 Å². The van der Waals surface area contributed by atoms with Crippen molar-refractivity contribution in [3.63, 3.8) is 0 Å². The first-order valence-corrected chi connectivity index (χ1v) is 9.72. The highest BCUT2D eigenvalue weighted by Crippen LogP contribution is 2.32. The van der Waals surface area contributed by atoms with E-state index >= 15 is 0 Å². The molecule has 0 spiro atoms. The molecule has 11 heteroatoms. The van der Waals surface area contributed by atoms with Crippen molar-refractivity contribution in [3.8, 4) is 0 Å². The zero-order valence-corrected chi connectivity index (χ0v) is 16.3. The summed E-state index contributed by atoms with van der Waals surface area (Å²) in [6, 6.07) is 9.93. The topological polar surface area (TPSA) is 148 Å². The number of hydrogen-bond acceptors (Lipinski definition) is 8. The van der Waals surface area contributed by atoms with E-state index in [0.717, 1.165) is 12.0 Å². The average molecular weight is 419 g/mol. The van der Waals surface area contributed by atoms with Gasteiger partial charge in [0.15, 0.2) is 5.82 Å². The van der Waals surface area contributed by atoms with Gasteiger partial charge in [0.25, 0.3) is 6.20 Å². The van der Waals surface area contributed by atoms with Crippen molar-refractivity contribution in [3.05, 3.63) is 58.0 Å². The summed E-state index contributed by atoms with van der Waals surface area (Å²) in [6.07, 6.45) is 1.66. The number of nitro groups is 1. The Bertz CT molecular complexity index is 817. The van der Waals surface area contributed by atoms with Crippen LogP contribution in [0.2, 0.25) is 0 Å². The summed E-state index contributed by atoms with van der Waals surface area (Å²) in [5.74, 6) is -2.46. The number of nitrogens with zero attached hydrogens (tertiary/aromatic N) is 3. The molecule has 2 saturated heterocycles. The van der Waals surface area contributed by atoms with Gasteiger partial charge in [-0.3, -0.25) is 30.1 Å². The third kappa shape index (κ3) is 4.69. The number of nitrogens with one attached hydrogen (secondary N) is 2. The van der Waals surface area contributed by atoms with Gasteiger partial charge in [-0.15, -0.1) is 0 Å². The van der Waals surface area contributed by atoms with E-state index in [1.807, 2.05) is 30.3 Å². The Balaban J connectivity index is 1.72. The monoisotopic (exact) mass is 419 g/mol. The fourth-order valence-electron chi connectivity index (χ4n) is 4.29. The Morgan fingerprint density at radius 3 is 2.37 bits per heavy atom. The number of likely N-dealkylation sites (tertiary alicyclic amines) is 2. The van der Waals surface area contributed by atoms with E-state index in [-0.39, 0.29) is 37.2 Å². The zero-order chi connectivity index (χ0) is 21.7. The van der Waals surface area contributed by atoms with Crippen molar-refractivity contribution in [2.45, 2.75) is 18.8 Å². The summed E-state index contributed by atoms with van der Waals surface area (Å²) in [6.45, 7) is 1.30. The first-order chi connectivity index (χ1) is 14.4. The molecule has 0 radical (unpaired) electrons. The van der Waals surface area contributed by atoms with Crippen molar-refractivity contribution in [2.24, 2.45) is 11.8 Å². The Labute approximate surface area is 173 Å². The van der Waals surface area contributed by atoms with Crippen molar-refractivity contribution in [1.82, 2.24) is 20.8 Å². The van der Waals surface area contributed by atoms with Crippen LogP contribution in [0.1, 0.15) is 24.3 Å². The molecule has 1 aromatic rings. The summed E-state index contributed by atoms with van der Waals surface area (Å²) in [5.41, 5.74) is 4.51. The van der Waals surface area contributed by atoms with Crippen LogP contribution < -0.4 is 11.0 Å². The van der Waals surface area contributed by atoms with Crippen molar-refractivity contribution in [1.29, 1.82) is 0 Å². The first-order valence-electron chi connectivity index (χ1n) is 9.72. The van der Waals surface area contributed by atoms with E-state index in [4.69, 9.17) is 5.21 Å². The molecule has 1 aromatic carbocycles. The lowest BCUT2D eigenvalue weighted by atomic mass is 9.83. The average Bonchev–Trinajstić information content (AvgIpc) is 3.27. The van der Waals surface area contributed by atoms with E-state index in [1.165, 1.54) is 4.90 Å². The summed E-state index contributed by atoms with van der Waals surface area (Å²) in [7, 11) is 0. The van der Waals surface area contributed by atoms with Gasteiger partial charge in [-0.05, 0) is 18.4 Å². The van der Waals surface area contributed by atoms with Crippen LogP contribution in [-0.4, -0.2) is 63.1 Å². The lowest BCUT2D eigenvalue weighted by Gasteiger charge is -2.38. The Hall–Kier alpha value is -3.18. The van der Waals surface area contributed by atoms with E-state index in [9.17, 15) is 24.9 Å². The van der Waals surface area contributed by atoms with E-state index < -0.39 is 22.7 Å². The van der Waals surface area contributed by atoms with Crippen LogP contribution in [0.15, 0.2) is 42.4 Å². The Kier molecular flexibility index (Phi) is 6.85. The van der Waals surface area contributed by atoms with Crippen LogP contribution >= 0.6 is 0 Å². The molecule has 0 aliphatic carbocycles. The summed E-state index contributed by atoms with van der Waals surface area (Å²) < 4.78 is 0. The molecule has 162 valence electrons. The van der Waals surface area contributed by atoms with Gasteiger partial charge in [0.1, 0.15) is 0 Å². The minimum atomic E-state index is -0.921. The molecule has 11 nitrogen and oxygen atoms in total. The molecule has 2 aliphatic heterocycles. The third-order valence-corrected chi connectivity index (χ3v) is 5.83. The first kappa shape index (κ1) is 21.5. The van der Waals surface area contributed by atoms with Crippen LogP contribution in [0.25, 0.3) is 0 Å². The number of rotatable bonds is 6. The lowest BCUT2D eigenvalue weighted by Crippen LogP contribution is -2.52. The van der Waals surface area contributed by atoms with Crippen LogP contribution in [0.3, 0.4) is 0 Å². The fraction of sp³-hybridized carbons (Fsp3) is 0.474. The maximum atomic E-state index is 13.2. The van der Waals surface area contributed by atoms with Gasteiger partial charge in [-0.2, -0.15) is 0 Å². The molecule has 4 N–H and O–H groups in total. The zero-order valence-electron chi connectivity index (χ0n) is 16.3. The molecule has 2 aliphatic rings. The second-order valence-corrected chi connectivity index (χ2v) is 7.52. The normalized spacial score (nSPS) is 24.5. The lowest BCUT2D eigenvalue weighted by molar-refractivity contribution is -0.405. The molecule has 2 heterocycles. The van der Waals surface area contributed by atoms with Gasteiger partial charge in [0, 0.05) is 32.1 Å². The predicted octanol–water partition coefficient (Wildman–Crippen LogP) is 0.500. The van der Waals surface area contributed by atoms with Gasteiger partial charge in [0.2, 0.25) is 11.8 Å². The van der Waals surface area contributed by atoms with Gasteiger partial charge in [-0.25, -0.2) is 11.0 Å². The maximum Gasteiger partial charge on any atom is 0.276 e. The minimum Gasteiger partial charge on any atom is -0.351 e. The van der Waals surface area contributed by atoms with Gasteiger partial charge >= 0.3 is 0 Å². The number of benzene rings is 1. The number of carbonyl (C=O) groups excluding carboxylic acids is 2. The van der Waals surface area contributed by atoms with E-state index in [2.05, 4.69) is 0 Å². The Morgan fingerprint density at radius 2 is 1.73 bits per heavy atom. The standard InChI is InChI=1S/C19H25N5O6/c25-18(21-28)16-11-22(17(20-27)12-24(29)30)9-7-15(16)19(26)23-8-6-14(10-23)13-4-2-1-3-5-13/h1-5,12,14-16,20,27-28H,6-11H2,(H,21,25)/b17-12+/t14-,15?,16?/m0/s1. The predicted molar refractivity (Wildman–Crippen MR) is 103 cm³/mol. The summed E-state index contributed by atoms with van der Waals surface area (Å²) in [5, 5.41) is 29.1. The highest BCUT2D eigenvalue weighted by Gasteiger charge is 2.42. The number of piperidine rings is 1. The summed E-state index contributed by atoms with van der Waals surface area (Å²) >= 11 is 0. The highest BCUT2D eigenvalue weighted by molar-refractivity contribution is 5.88. The highest BCUT2D eigenvalue weighted by atomic mass is 16.6. The quantitative estimate of drug-likeness (QED) is 0.296. The number of hydroxylamine groups is 2. The van der Waals surface area contributed by atoms with E-state index in [1.54, 1.807) is 15.9 Å². The molecule has 0 aromatic heterocycles. The molecule has 30 heavy (non-hydrogen) atoms. The minimum absolute atomic E-state index is 0.0635. The molecule has 0 saturated carbocycles. The van der Waals surface area contributed by atoms with Crippen LogP contribution in [0, 0.1) is 22.0 Å². The SMILES string of the molecule is O=C(NO)C1CN(/C(=C/[N+](=O)[O-])NO)CCC1C(=O)N1CC[C@H](c2ccccc2)C1. The van der Waals surface area contributed by atoms with Crippen molar-refractivity contribution in [2.75, 3.05) is 26.2 Å². The molecule has 3 atom stereocenters. The second kappa shape index (κ2) is 9.55. The van der Waals surface area contributed by atoms with Gasteiger partial charge in [-0.1, -0.05) is 30.3 Å². The van der Waals surface area contributed by atoms with Crippen LogP contribution in [-0.2, 0) is 9.59 Å². The number of hydrogen-bond donors (Lipinski definition) is 4. The largest absolute Gasteiger partial charge is 0.351 e. The molecule has 3 rings (SSSR count). The smallest absolute Gasteiger partial charge is 0.276 e.